The maximum atomic E-state index is 13.2. The van der Waals surface area contributed by atoms with Gasteiger partial charge in [-0.1, -0.05) is 12.1 Å². The molecule has 0 radical (unpaired) electrons. The van der Waals surface area contributed by atoms with Gasteiger partial charge in [0.1, 0.15) is 11.6 Å². The Morgan fingerprint density at radius 1 is 0.882 bits per heavy atom. The number of anilines is 2. The summed E-state index contributed by atoms with van der Waals surface area (Å²) in [5.74, 6) is -0.244. The number of aromatic nitrogens is 2. The summed E-state index contributed by atoms with van der Waals surface area (Å²) in [6, 6.07) is 17.2. The minimum atomic E-state index is -0.415. The Labute approximate surface area is 195 Å². The third kappa shape index (κ3) is 4.62. The number of ketones is 1. The molecule has 0 spiro atoms. The van der Waals surface area contributed by atoms with Crippen LogP contribution in [0.15, 0.2) is 72.9 Å². The van der Waals surface area contributed by atoms with Crippen LogP contribution in [0.2, 0.25) is 0 Å². The van der Waals surface area contributed by atoms with Crippen molar-refractivity contribution in [3.63, 3.8) is 0 Å². The predicted molar refractivity (Wildman–Crippen MR) is 127 cm³/mol. The average molecular weight is 456 g/mol. The lowest BCUT2D eigenvalue weighted by Gasteiger charge is -2.27. The molecular formula is C26H21FN4O3. The number of rotatable bonds is 5. The molecule has 1 aliphatic rings. The van der Waals surface area contributed by atoms with Crippen LogP contribution in [-0.4, -0.2) is 48.0 Å². The molecule has 1 aliphatic heterocycles. The zero-order valence-electron chi connectivity index (χ0n) is 18.2. The van der Waals surface area contributed by atoms with Gasteiger partial charge < -0.3 is 15.0 Å². The molecule has 4 aromatic rings. The van der Waals surface area contributed by atoms with Crippen molar-refractivity contribution < 1.29 is 18.7 Å². The third-order valence-corrected chi connectivity index (χ3v) is 5.62. The van der Waals surface area contributed by atoms with Gasteiger partial charge in [0.15, 0.2) is 5.78 Å². The monoisotopic (exact) mass is 456 g/mol. The van der Waals surface area contributed by atoms with E-state index in [4.69, 9.17) is 9.72 Å². The van der Waals surface area contributed by atoms with E-state index in [1.54, 1.807) is 48.7 Å². The summed E-state index contributed by atoms with van der Waals surface area (Å²) in [5, 5.41) is 2.75. The summed E-state index contributed by atoms with van der Waals surface area (Å²) < 4.78 is 18.5. The summed E-state index contributed by atoms with van der Waals surface area (Å²) in [5.41, 5.74) is 3.03. The number of halogens is 1. The molecule has 1 amide bonds. The minimum Gasteiger partial charge on any atom is -0.378 e. The minimum absolute atomic E-state index is 0.196. The molecule has 0 unspecified atom stereocenters. The van der Waals surface area contributed by atoms with E-state index in [0.29, 0.717) is 46.6 Å². The number of benzene rings is 3. The van der Waals surface area contributed by atoms with E-state index in [1.807, 2.05) is 0 Å². The Hall–Kier alpha value is -4.17. The smallest absolute Gasteiger partial charge is 0.255 e. The van der Waals surface area contributed by atoms with Crippen molar-refractivity contribution in [2.24, 2.45) is 0 Å². The molecule has 34 heavy (non-hydrogen) atoms. The van der Waals surface area contributed by atoms with Gasteiger partial charge in [-0.2, -0.15) is 0 Å². The lowest BCUT2D eigenvalue weighted by Crippen LogP contribution is -2.36. The maximum Gasteiger partial charge on any atom is 0.255 e. The molecule has 0 saturated carbocycles. The predicted octanol–water partition coefficient (Wildman–Crippen LogP) is 4.09. The molecule has 3 aromatic carbocycles. The van der Waals surface area contributed by atoms with Gasteiger partial charge in [0.2, 0.25) is 0 Å². The van der Waals surface area contributed by atoms with Crippen molar-refractivity contribution in [1.82, 2.24) is 9.97 Å². The number of nitrogens with one attached hydrogen (secondary N) is 1. The van der Waals surface area contributed by atoms with Crippen LogP contribution in [0.4, 0.5) is 15.9 Å². The summed E-state index contributed by atoms with van der Waals surface area (Å²) in [7, 11) is 0. The maximum absolute atomic E-state index is 13.2. The normalized spacial score (nSPS) is 13.6. The van der Waals surface area contributed by atoms with E-state index in [9.17, 15) is 14.0 Å². The van der Waals surface area contributed by atoms with E-state index in [-0.39, 0.29) is 11.7 Å². The highest BCUT2D eigenvalue weighted by Gasteiger charge is 2.16. The molecule has 8 heteroatoms. The standard InChI is InChI=1S/C26H21FN4O3/c27-20-7-4-17(5-8-20)26(33)29-21-3-1-2-18(14-21)25(32)19-6-9-22-23(15-19)30-24(16-28-22)31-10-12-34-13-11-31/h1-9,14-16H,10-13H2,(H,29,33). The highest BCUT2D eigenvalue weighted by atomic mass is 19.1. The number of hydrogen-bond donors (Lipinski definition) is 1. The largest absolute Gasteiger partial charge is 0.378 e. The molecule has 1 N–H and O–H groups in total. The van der Waals surface area contributed by atoms with Gasteiger partial charge in [0.05, 0.1) is 30.4 Å². The fourth-order valence-corrected chi connectivity index (χ4v) is 3.80. The molecule has 1 aromatic heterocycles. The van der Waals surface area contributed by atoms with Crippen LogP contribution in [-0.2, 0) is 4.74 Å². The van der Waals surface area contributed by atoms with Crippen LogP contribution < -0.4 is 10.2 Å². The molecule has 1 fully saturated rings. The summed E-state index contributed by atoms with van der Waals surface area (Å²) in [4.78, 5) is 36.9. The summed E-state index contributed by atoms with van der Waals surface area (Å²) in [6.07, 6.45) is 1.74. The van der Waals surface area contributed by atoms with Crippen molar-refractivity contribution in [2.45, 2.75) is 0 Å². The van der Waals surface area contributed by atoms with Gasteiger partial charge >= 0.3 is 0 Å². The van der Waals surface area contributed by atoms with Gasteiger partial charge in [-0.05, 0) is 54.6 Å². The van der Waals surface area contributed by atoms with E-state index < -0.39 is 5.82 Å². The number of nitrogens with zero attached hydrogens (tertiary/aromatic N) is 3. The molecule has 2 heterocycles. The second-order valence-electron chi connectivity index (χ2n) is 7.90. The van der Waals surface area contributed by atoms with Crippen molar-refractivity contribution in [2.75, 3.05) is 36.5 Å². The molecule has 170 valence electrons. The van der Waals surface area contributed by atoms with Crippen LogP contribution >= 0.6 is 0 Å². The molecular weight excluding hydrogens is 435 g/mol. The second-order valence-corrected chi connectivity index (χ2v) is 7.90. The molecule has 0 bridgehead atoms. The first-order valence-electron chi connectivity index (χ1n) is 10.9. The first-order chi connectivity index (χ1) is 16.6. The van der Waals surface area contributed by atoms with Crippen molar-refractivity contribution in [3.05, 3.63) is 95.4 Å². The van der Waals surface area contributed by atoms with E-state index in [2.05, 4.69) is 15.2 Å². The van der Waals surface area contributed by atoms with Gasteiger partial charge in [-0.15, -0.1) is 0 Å². The van der Waals surface area contributed by atoms with Crippen LogP contribution in [0.3, 0.4) is 0 Å². The van der Waals surface area contributed by atoms with Crippen molar-refractivity contribution >= 4 is 34.2 Å². The van der Waals surface area contributed by atoms with Crippen LogP contribution in [0.5, 0.6) is 0 Å². The Morgan fingerprint density at radius 3 is 2.41 bits per heavy atom. The molecule has 7 nitrogen and oxygen atoms in total. The number of amides is 1. The number of hydrogen-bond acceptors (Lipinski definition) is 6. The molecule has 0 atom stereocenters. The highest BCUT2D eigenvalue weighted by Crippen LogP contribution is 2.21. The van der Waals surface area contributed by atoms with Crippen LogP contribution in [0, 0.1) is 5.82 Å². The zero-order chi connectivity index (χ0) is 23.5. The van der Waals surface area contributed by atoms with Gasteiger partial charge in [-0.3, -0.25) is 14.6 Å². The zero-order valence-corrected chi connectivity index (χ0v) is 18.2. The summed E-state index contributed by atoms with van der Waals surface area (Å²) >= 11 is 0. The van der Waals surface area contributed by atoms with E-state index >= 15 is 0 Å². The lowest BCUT2D eigenvalue weighted by atomic mass is 10.0. The Balaban J connectivity index is 1.37. The third-order valence-electron chi connectivity index (χ3n) is 5.62. The van der Waals surface area contributed by atoms with Crippen molar-refractivity contribution in [1.29, 1.82) is 0 Å². The number of carbonyl (C=O) groups is 2. The Morgan fingerprint density at radius 2 is 1.62 bits per heavy atom. The van der Waals surface area contributed by atoms with Crippen LogP contribution in [0.25, 0.3) is 11.0 Å². The molecule has 1 saturated heterocycles. The van der Waals surface area contributed by atoms with Gasteiger partial charge in [0.25, 0.3) is 5.91 Å². The number of fused-ring (bicyclic) bond motifs is 1. The Kier molecular flexibility index (Phi) is 5.97. The molecule has 0 aliphatic carbocycles. The topological polar surface area (TPSA) is 84.4 Å². The highest BCUT2D eigenvalue weighted by molar-refractivity contribution is 6.11. The van der Waals surface area contributed by atoms with Gasteiger partial charge in [-0.25, -0.2) is 9.37 Å². The quantitative estimate of drug-likeness (QED) is 0.456. The number of ether oxygens (including phenoxy) is 1. The SMILES string of the molecule is O=C(Nc1cccc(C(=O)c2ccc3ncc(N4CCOCC4)nc3c2)c1)c1ccc(F)cc1. The first-order valence-corrected chi connectivity index (χ1v) is 10.9. The van der Waals surface area contributed by atoms with Crippen LogP contribution in [0.1, 0.15) is 26.3 Å². The fourth-order valence-electron chi connectivity index (χ4n) is 3.80. The first kappa shape index (κ1) is 21.7. The van der Waals surface area contributed by atoms with Crippen molar-refractivity contribution in [3.8, 4) is 0 Å². The van der Waals surface area contributed by atoms with E-state index in [1.165, 1.54) is 24.3 Å². The number of morpholine rings is 1. The number of carbonyl (C=O) groups excluding carboxylic acids is 2. The molecule has 5 rings (SSSR count). The average Bonchev–Trinajstić information content (AvgIpc) is 2.88. The Bertz CT molecular complexity index is 1370. The van der Waals surface area contributed by atoms with E-state index in [0.717, 1.165) is 18.9 Å². The lowest BCUT2D eigenvalue weighted by molar-refractivity contribution is 0.102. The van der Waals surface area contributed by atoms with Gasteiger partial charge in [0, 0.05) is 35.5 Å². The second kappa shape index (κ2) is 9.36. The summed E-state index contributed by atoms with van der Waals surface area (Å²) in [6.45, 7) is 2.78. The fraction of sp³-hybridized carbons (Fsp3) is 0.154.